The van der Waals surface area contributed by atoms with Crippen molar-refractivity contribution in [3.8, 4) is 5.69 Å². The number of H-pyrrole nitrogens is 1. The molecule has 0 aliphatic heterocycles. The number of fused-ring (bicyclic) bond motifs is 1. The Labute approximate surface area is 187 Å². The predicted octanol–water partition coefficient (Wildman–Crippen LogP) is 3.73. The van der Waals surface area contributed by atoms with Crippen molar-refractivity contribution in [2.24, 2.45) is 0 Å². The summed E-state index contributed by atoms with van der Waals surface area (Å²) in [5.41, 5.74) is 2.78. The summed E-state index contributed by atoms with van der Waals surface area (Å²) < 4.78 is 1.78. The van der Waals surface area contributed by atoms with Crippen molar-refractivity contribution in [2.45, 2.75) is 38.3 Å². The van der Waals surface area contributed by atoms with Gasteiger partial charge in [0.05, 0.1) is 22.1 Å². The molecule has 31 heavy (non-hydrogen) atoms. The van der Waals surface area contributed by atoms with Crippen LogP contribution in [-0.2, 0) is 17.1 Å². The van der Waals surface area contributed by atoms with Crippen LogP contribution in [0.1, 0.15) is 28.8 Å². The molecule has 0 spiro atoms. The molecular weight excluding hydrogens is 430 g/mol. The number of carbonyl (C=O) groups is 1. The van der Waals surface area contributed by atoms with Gasteiger partial charge in [-0.25, -0.2) is 9.67 Å². The molecule has 1 atom stereocenters. The van der Waals surface area contributed by atoms with Crippen LogP contribution in [0.2, 0.25) is 0 Å². The molecule has 0 aliphatic rings. The minimum atomic E-state index is -0.287. The lowest BCUT2D eigenvalue weighted by molar-refractivity contribution is -0.120. The van der Waals surface area contributed by atoms with Gasteiger partial charge in [0.1, 0.15) is 10.7 Å². The van der Waals surface area contributed by atoms with Gasteiger partial charge < -0.3 is 10.3 Å². The Morgan fingerprint density at radius 2 is 2.10 bits per heavy atom. The molecule has 160 valence electrons. The molecule has 9 heteroatoms. The summed E-state index contributed by atoms with van der Waals surface area (Å²) in [6.45, 7) is 6.20. The first-order valence-electron chi connectivity index (χ1n) is 9.90. The quantitative estimate of drug-likeness (QED) is 0.445. The standard InChI is InChI=1S/C22H23N5O2S2/c1-13-14(2)31-22-19(13)21(29)25-18(26-22)12-30-15(3)20(28)23-11-16-7-4-5-8-17(16)27-10-6-9-24-27/h4-10,15H,11-12H2,1-3H3,(H,23,28)(H,25,26,29). The Hall–Kier alpha value is -2.91. The Morgan fingerprint density at radius 3 is 2.87 bits per heavy atom. The first-order valence-corrected chi connectivity index (χ1v) is 11.8. The molecule has 4 aromatic rings. The van der Waals surface area contributed by atoms with Gasteiger partial charge in [0.2, 0.25) is 5.91 Å². The number of amides is 1. The fourth-order valence-corrected chi connectivity index (χ4v) is 5.10. The first kappa shape index (κ1) is 21.3. The number of hydrogen-bond donors (Lipinski definition) is 2. The molecule has 2 N–H and O–H groups in total. The predicted molar refractivity (Wildman–Crippen MR) is 126 cm³/mol. The fraction of sp³-hybridized carbons (Fsp3) is 0.273. The zero-order valence-electron chi connectivity index (χ0n) is 17.5. The van der Waals surface area contributed by atoms with Crippen molar-refractivity contribution >= 4 is 39.2 Å². The van der Waals surface area contributed by atoms with E-state index in [2.05, 4.69) is 20.4 Å². The number of aryl methyl sites for hydroxylation is 2. The number of benzene rings is 1. The van der Waals surface area contributed by atoms with Crippen LogP contribution in [0.5, 0.6) is 0 Å². The average Bonchev–Trinajstić information content (AvgIpc) is 3.39. The molecule has 0 fully saturated rings. The number of hydrogen-bond acceptors (Lipinski definition) is 6. The lowest BCUT2D eigenvalue weighted by atomic mass is 10.1. The summed E-state index contributed by atoms with van der Waals surface area (Å²) in [5, 5.41) is 7.65. The summed E-state index contributed by atoms with van der Waals surface area (Å²) in [4.78, 5) is 34.3. The van der Waals surface area contributed by atoms with Gasteiger partial charge in [0.25, 0.3) is 5.56 Å². The number of para-hydroxylation sites is 1. The van der Waals surface area contributed by atoms with Crippen molar-refractivity contribution in [1.29, 1.82) is 0 Å². The van der Waals surface area contributed by atoms with Crippen LogP contribution in [0.4, 0.5) is 0 Å². The van der Waals surface area contributed by atoms with Crippen LogP contribution in [0.25, 0.3) is 15.9 Å². The van der Waals surface area contributed by atoms with Crippen LogP contribution in [0.3, 0.4) is 0 Å². The SMILES string of the molecule is Cc1sc2nc(CSC(C)C(=O)NCc3ccccc3-n3cccn3)[nH]c(=O)c2c1C. The zero-order valence-corrected chi connectivity index (χ0v) is 19.1. The Morgan fingerprint density at radius 1 is 1.29 bits per heavy atom. The number of carbonyl (C=O) groups excluding carboxylic acids is 1. The van der Waals surface area contributed by atoms with E-state index in [1.165, 1.54) is 23.1 Å². The van der Waals surface area contributed by atoms with Gasteiger partial charge in [-0.2, -0.15) is 5.10 Å². The minimum absolute atomic E-state index is 0.0634. The number of thioether (sulfide) groups is 1. The highest BCUT2D eigenvalue weighted by Crippen LogP contribution is 2.26. The second-order valence-electron chi connectivity index (χ2n) is 7.23. The summed E-state index contributed by atoms with van der Waals surface area (Å²) in [6.07, 6.45) is 3.60. The van der Waals surface area contributed by atoms with Crippen LogP contribution in [0.15, 0.2) is 47.5 Å². The van der Waals surface area contributed by atoms with Gasteiger partial charge in [-0.1, -0.05) is 18.2 Å². The number of aromatic nitrogens is 4. The molecule has 0 saturated heterocycles. The van der Waals surface area contributed by atoms with Crippen molar-refractivity contribution < 1.29 is 4.79 Å². The van der Waals surface area contributed by atoms with Crippen LogP contribution < -0.4 is 10.9 Å². The third kappa shape index (κ3) is 4.57. The number of nitrogens with zero attached hydrogens (tertiary/aromatic N) is 3. The van der Waals surface area contributed by atoms with E-state index in [1.54, 1.807) is 10.9 Å². The minimum Gasteiger partial charge on any atom is -0.351 e. The maximum Gasteiger partial charge on any atom is 0.259 e. The van der Waals surface area contributed by atoms with Crippen LogP contribution >= 0.6 is 23.1 Å². The smallest absolute Gasteiger partial charge is 0.259 e. The molecule has 7 nitrogen and oxygen atoms in total. The average molecular weight is 454 g/mol. The van der Waals surface area contributed by atoms with E-state index in [0.29, 0.717) is 23.5 Å². The molecule has 3 heterocycles. The highest BCUT2D eigenvalue weighted by Gasteiger charge is 2.16. The normalized spacial score (nSPS) is 12.2. The lowest BCUT2D eigenvalue weighted by Crippen LogP contribution is -2.31. The second-order valence-corrected chi connectivity index (χ2v) is 9.76. The fourth-order valence-electron chi connectivity index (χ4n) is 3.27. The molecule has 0 saturated carbocycles. The highest BCUT2D eigenvalue weighted by molar-refractivity contribution is 7.99. The first-order chi connectivity index (χ1) is 14.9. The molecule has 1 aromatic carbocycles. The van der Waals surface area contributed by atoms with E-state index >= 15 is 0 Å². The van der Waals surface area contributed by atoms with Gasteiger partial charge in [-0.15, -0.1) is 23.1 Å². The Bertz CT molecular complexity index is 1280. The van der Waals surface area contributed by atoms with Crippen molar-refractivity contribution in [3.63, 3.8) is 0 Å². The van der Waals surface area contributed by atoms with Crippen molar-refractivity contribution in [1.82, 2.24) is 25.1 Å². The van der Waals surface area contributed by atoms with E-state index in [9.17, 15) is 9.59 Å². The molecule has 1 unspecified atom stereocenters. The Balaban J connectivity index is 1.38. The third-order valence-electron chi connectivity index (χ3n) is 5.12. The van der Waals surface area contributed by atoms with Gasteiger partial charge in [0, 0.05) is 23.8 Å². The third-order valence-corrected chi connectivity index (χ3v) is 7.38. The molecule has 4 rings (SSSR count). The van der Waals surface area contributed by atoms with Crippen molar-refractivity contribution in [2.75, 3.05) is 0 Å². The molecule has 0 radical (unpaired) electrons. The topological polar surface area (TPSA) is 92.7 Å². The molecule has 0 aliphatic carbocycles. The number of rotatable bonds is 7. The molecule has 0 bridgehead atoms. The van der Waals surface area contributed by atoms with E-state index in [1.807, 2.05) is 57.3 Å². The lowest BCUT2D eigenvalue weighted by Gasteiger charge is -2.14. The summed E-state index contributed by atoms with van der Waals surface area (Å²) >= 11 is 2.97. The number of aromatic amines is 1. The van der Waals surface area contributed by atoms with Crippen LogP contribution in [-0.4, -0.2) is 30.9 Å². The molecule has 1 amide bonds. The maximum absolute atomic E-state index is 12.6. The highest BCUT2D eigenvalue weighted by atomic mass is 32.2. The van der Waals surface area contributed by atoms with E-state index < -0.39 is 0 Å². The summed E-state index contributed by atoms with van der Waals surface area (Å²) in [5.74, 6) is 0.985. The number of thiophene rings is 1. The van der Waals surface area contributed by atoms with E-state index in [4.69, 9.17) is 0 Å². The monoisotopic (exact) mass is 453 g/mol. The second kappa shape index (κ2) is 9.07. The largest absolute Gasteiger partial charge is 0.351 e. The summed E-state index contributed by atoms with van der Waals surface area (Å²) in [7, 11) is 0. The zero-order chi connectivity index (χ0) is 22.0. The van der Waals surface area contributed by atoms with Crippen LogP contribution in [0, 0.1) is 13.8 Å². The number of nitrogens with one attached hydrogen (secondary N) is 2. The Kier molecular flexibility index (Phi) is 6.24. The van der Waals surface area contributed by atoms with Gasteiger partial charge in [0.15, 0.2) is 0 Å². The van der Waals surface area contributed by atoms with E-state index in [0.717, 1.165) is 26.5 Å². The van der Waals surface area contributed by atoms with Gasteiger partial charge >= 0.3 is 0 Å². The maximum atomic E-state index is 12.6. The van der Waals surface area contributed by atoms with E-state index in [-0.39, 0.29) is 16.7 Å². The van der Waals surface area contributed by atoms with Gasteiger partial charge in [-0.3, -0.25) is 9.59 Å². The van der Waals surface area contributed by atoms with Crippen molar-refractivity contribution in [3.05, 3.63) is 74.9 Å². The molecule has 3 aromatic heterocycles. The van der Waals surface area contributed by atoms with Gasteiger partial charge in [-0.05, 0) is 44.0 Å². The summed E-state index contributed by atoms with van der Waals surface area (Å²) in [6, 6.07) is 9.70. The molecular formula is C22H23N5O2S2.